The minimum Gasteiger partial charge on any atom is -0.352 e. The lowest BCUT2D eigenvalue weighted by atomic mass is 10.2. The summed E-state index contributed by atoms with van der Waals surface area (Å²) < 4.78 is 1.24. The van der Waals surface area contributed by atoms with Gasteiger partial charge in [-0.25, -0.2) is 4.98 Å². The third-order valence-electron chi connectivity index (χ3n) is 5.50. The molecule has 1 N–H and O–H groups in total. The van der Waals surface area contributed by atoms with Crippen LogP contribution >= 0.6 is 11.3 Å². The van der Waals surface area contributed by atoms with Gasteiger partial charge in [0.2, 0.25) is 5.91 Å². The minimum atomic E-state index is -0.0434. The number of thiazole rings is 1. The Labute approximate surface area is 153 Å². The molecule has 5 nitrogen and oxygen atoms in total. The van der Waals surface area contributed by atoms with Crippen LogP contribution in [0.5, 0.6) is 0 Å². The van der Waals surface area contributed by atoms with E-state index in [0.29, 0.717) is 6.04 Å². The normalized spacial score (nSPS) is 20.9. The number of nitrogens with zero attached hydrogens (tertiary/aromatic N) is 3. The monoisotopic (exact) mass is 358 g/mol. The summed E-state index contributed by atoms with van der Waals surface area (Å²) in [7, 11) is 0. The molecule has 1 aliphatic heterocycles. The predicted octanol–water partition coefficient (Wildman–Crippen LogP) is 2.87. The molecule has 0 bridgehead atoms. The van der Waals surface area contributed by atoms with Crippen molar-refractivity contribution in [3.05, 3.63) is 24.3 Å². The molecule has 4 rings (SSSR count). The molecule has 6 heteroatoms. The highest BCUT2D eigenvalue weighted by molar-refractivity contribution is 7.22. The van der Waals surface area contributed by atoms with Gasteiger partial charge in [-0.1, -0.05) is 36.3 Å². The smallest absolute Gasteiger partial charge is 0.237 e. The van der Waals surface area contributed by atoms with Gasteiger partial charge in [-0.05, 0) is 31.9 Å². The number of rotatable bonds is 4. The van der Waals surface area contributed by atoms with Crippen LogP contribution in [0, 0.1) is 0 Å². The number of hydrogen-bond acceptors (Lipinski definition) is 5. The molecular formula is C19H26N4OS. The molecule has 0 radical (unpaired) electrons. The number of piperazine rings is 1. The fraction of sp³-hybridized carbons (Fsp3) is 0.579. The van der Waals surface area contributed by atoms with Gasteiger partial charge in [-0.15, -0.1) is 0 Å². The van der Waals surface area contributed by atoms with Gasteiger partial charge in [0.25, 0.3) is 0 Å². The fourth-order valence-electron chi connectivity index (χ4n) is 3.85. The van der Waals surface area contributed by atoms with Crippen molar-refractivity contribution in [2.45, 2.75) is 44.7 Å². The van der Waals surface area contributed by atoms with Crippen molar-refractivity contribution in [3.63, 3.8) is 0 Å². The summed E-state index contributed by atoms with van der Waals surface area (Å²) in [6.07, 6.45) is 4.79. The maximum Gasteiger partial charge on any atom is 0.237 e. The van der Waals surface area contributed by atoms with Crippen LogP contribution < -0.4 is 10.2 Å². The Bertz CT molecular complexity index is 699. The molecule has 1 unspecified atom stereocenters. The zero-order valence-electron chi connectivity index (χ0n) is 14.8. The number of para-hydroxylation sites is 1. The maximum atomic E-state index is 12.5. The summed E-state index contributed by atoms with van der Waals surface area (Å²) in [5, 5.41) is 4.33. The SMILES string of the molecule is CC(C(=O)NC1CCCC1)N1CCN(c2nc3ccccc3s2)CC1. The highest BCUT2D eigenvalue weighted by atomic mass is 32.1. The number of aromatic nitrogens is 1. The van der Waals surface area contributed by atoms with Crippen LogP contribution in [0.4, 0.5) is 5.13 Å². The van der Waals surface area contributed by atoms with Gasteiger partial charge in [-0.3, -0.25) is 9.69 Å². The van der Waals surface area contributed by atoms with E-state index >= 15 is 0 Å². The van der Waals surface area contributed by atoms with Crippen molar-refractivity contribution >= 4 is 32.6 Å². The van der Waals surface area contributed by atoms with E-state index in [1.807, 2.05) is 13.0 Å². The Balaban J connectivity index is 1.33. The molecule has 2 aromatic rings. The van der Waals surface area contributed by atoms with Crippen molar-refractivity contribution in [2.24, 2.45) is 0 Å². The number of hydrogen-bond donors (Lipinski definition) is 1. The lowest BCUT2D eigenvalue weighted by molar-refractivity contribution is -0.126. The summed E-state index contributed by atoms with van der Waals surface area (Å²) in [6, 6.07) is 8.65. The van der Waals surface area contributed by atoms with Crippen molar-refractivity contribution in [1.29, 1.82) is 0 Å². The molecule has 1 amide bonds. The maximum absolute atomic E-state index is 12.5. The Morgan fingerprint density at radius 2 is 1.92 bits per heavy atom. The molecule has 2 aliphatic rings. The first kappa shape index (κ1) is 16.8. The van der Waals surface area contributed by atoms with E-state index in [1.165, 1.54) is 17.5 Å². The molecule has 0 spiro atoms. The Morgan fingerprint density at radius 1 is 1.20 bits per heavy atom. The highest BCUT2D eigenvalue weighted by Gasteiger charge is 2.28. The lowest BCUT2D eigenvalue weighted by Crippen LogP contribution is -2.54. The van der Waals surface area contributed by atoms with Crippen LogP contribution in [0.15, 0.2) is 24.3 Å². The zero-order valence-corrected chi connectivity index (χ0v) is 15.6. The number of fused-ring (bicyclic) bond motifs is 1. The van der Waals surface area contributed by atoms with E-state index in [9.17, 15) is 4.79 Å². The number of nitrogens with one attached hydrogen (secondary N) is 1. The Morgan fingerprint density at radius 3 is 2.64 bits per heavy atom. The number of amides is 1. The van der Waals surface area contributed by atoms with Gasteiger partial charge in [-0.2, -0.15) is 0 Å². The minimum absolute atomic E-state index is 0.0434. The number of carbonyl (C=O) groups is 1. The van der Waals surface area contributed by atoms with Gasteiger partial charge >= 0.3 is 0 Å². The summed E-state index contributed by atoms with van der Waals surface area (Å²) in [5.74, 6) is 0.195. The van der Waals surface area contributed by atoms with Crippen LogP contribution in [0.1, 0.15) is 32.6 Å². The summed E-state index contributed by atoms with van der Waals surface area (Å²) in [5.41, 5.74) is 1.08. The molecule has 2 fully saturated rings. The largest absolute Gasteiger partial charge is 0.352 e. The van der Waals surface area contributed by atoms with Gasteiger partial charge in [0, 0.05) is 32.2 Å². The number of anilines is 1. The second-order valence-electron chi connectivity index (χ2n) is 7.15. The van der Waals surface area contributed by atoms with Crippen LogP contribution in [-0.4, -0.2) is 54.1 Å². The first-order valence-corrected chi connectivity index (χ1v) is 10.2. The molecule has 25 heavy (non-hydrogen) atoms. The van der Waals surface area contributed by atoms with Crippen molar-refractivity contribution in [1.82, 2.24) is 15.2 Å². The third-order valence-corrected chi connectivity index (χ3v) is 6.59. The van der Waals surface area contributed by atoms with E-state index in [-0.39, 0.29) is 11.9 Å². The standard InChI is InChI=1S/C19H26N4OS/c1-14(18(24)20-15-6-2-3-7-15)22-10-12-23(13-11-22)19-21-16-8-4-5-9-17(16)25-19/h4-5,8-9,14-15H,2-3,6-7,10-13H2,1H3,(H,20,24). The van der Waals surface area contributed by atoms with Crippen LogP contribution in [0.3, 0.4) is 0 Å². The van der Waals surface area contributed by atoms with Crippen molar-refractivity contribution in [3.8, 4) is 0 Å². The fourth-order valence-corrected chi connectivity index (χ4v) is 4.87. The Hall–Kier alpha value is -1.66. The predicted molar refractivity (Wildman–Crippen MR) is 103 cm³/mol. The summed E-state index contributed by atoms with van der Waals surface area (Å²) >= 11 is 1.76. The number of benzene rings is 1. The average molecular weight is 359 g/mol. The molecule has 1 saturated carbocycles. The van der Waals surface area contributed by atoms with Gasteiger partial charge < -0.3 is 10.2 Å². The summed E-state index contributed by atoms with van der Waals surface area (Å²) in [6.45, 7) is 5.73. The number of carbonyl (C=O) groups excluding carboxylic acids is 1. The van der Waals surface area contributed by atoms with Gasteiger partial charge in [0.05, 0.1) is 16.3 Å². The van der Waals surface area contributed by atoms with E-state index in [4.69, 9.17) is 4.98 Å². The van der Waals surface area contributed by atoms with E-state index in [0.717, 1.165) is 49.7 Å². The molecular weight excluding hydrogens is 332 g/mol. The van der Waals surface area contributed by atoms with Crippen LogP contribution in [0.2, 0.25) is 0 Å². The molecule has 1 aromatic carbocycles. The topological polar surface area (TPSA) is 48.5 Å². The quantitative estimate of drug-likeness (QED) is 0.913. The van der Waals surface area contributed by atoms with Crippen LogP contribution in [-0.2, 0) is 4.79 Å². The first-order valence-electron chi connectivity index (χ1n) is 9.35. The van der Waals surface area contributed by atoms with Crippen molar-refractivity contribution in [2.75, 3.05) is 31.1 Å². The molecule has 1 atom stereocenters. The van der Waals surface area contributed by atoms with Gasteiger partial charge in [0.1, 0.15) is 0 Å². The summed E-state index contributed by atoms with van der Waals surface area (Å²) in [4.78, 5) is 21.9. The van der Waals surface area contributed by atoms with E-state index < -0.39 is 0 Å². The molecule has 1 saturated heterocycles. The molecule has 2 heterocycles. The first-order chi connectivity index (χ1) is 12.2. The average Bonchev–Trinajstić information content (AvgIpc) is 3.30. The van der Waals surface area contributed by atoms with Crippen molar-refractivity contribution < 1.29 is 4.79 Å². The highest BCUT2D eigenvalue weighted by Crippen LogP contribution is 2.29. The lowest BCUT2D eigenvalue weighted by Gasteiger charge is -2.37. The zero-order chi connectivity index (χ0) is 17.2. The second-order valence-corrected chi connectivity index (χ2v) is 8.16. The van der Waals surface area contributed by atoms with E-state index in [1.54, 1.807) is 11.3 Å². The third kappa shape index (κ3) is 3.65. The van der Waals surface area contributed by atoms with Gasteiger partial charge in [0.15, 0.2) is 5.13 Å². The second kappa shape index (κ2) is 7.30. The van der Waals surface area contributed by atoms with E-state index in [2.05, 4.69) is 33.3 Å². The molecule has 1 aliphatic carbocycles. The van der Waals surface area contributed by atoms with Crippen LogP contribution in [0.25, 0.3) is 10.2 Å². The Kier molecular flexibility index (Phi) is 4.90. The molecule has 134 valence electrons. The molecule has 1 aromatic heterocycles.